The molecule has 13 heavy (non-hydrogen) atoms. The third-order valence-corrected chi connectivity index (χ3v) is 1.96. The van der Waals surface area contributed by atoms with Gasteiger partial charge in [-0.1, -0.05) is 6.08 Å². The standard InChI is InChI=1S/C9H16N4/c1-3-4-12-8(5-10)9-6-11-7-13(9)2/h3,6-8,12H,1,4-5,10H2,2H3. The lowest BCUT2D eigenvalue weighted by Gasteiger charge is -2.15. The highest BCUT2D eigenvalue weighted by Crippen LogP contribution is 2.08. The normalized spacial score (nSPS) is 12.8. The SMILES string of the molecule is C=CCNC(CN)c1cncn1C. The highest BCUT2D eigenvalue weighted by molar-refractivity contribution is 5.05. The van der Waals surface area contributed by atoms with E-state index in [1.54, 1.807) is 6.33 Å². The summed E-state index contributed by atoms with van der Waals surface area (Å²) in [4.78, 5) is 4.04. The van der Waals surface area contributed by atoms with Crippen LogP contribution in [0.5, 0.6) is 0 Å². The van der Waals surface area contributed by atoms with Gasteiger partial charge in [-0.15, -0.1) is 6.58 Å². The summed E-state index contributed by atoms with van der Waals surface area (Å²) in [6.07, 6.45) is 5.42. The van der Waals surface area contributed by atoms with E-state index in [1.807, 2.05) is 23.9 Å². The number of imidazole rings is 1. The minimum absolute atomic E-state index is 0.158. The molecule has 1 heterocycles. The number of nitrogens with one attached hydrogen (secondary N) is 1. The highest BCUT2D eigenvalue weighted by atomic mass is 15.1. The van der Waals surface area contributed by atoms with Gasteiger partial charge in [-0.25, -0.2) is 4.98 Å². The van der Waals surface area contributed by atoms with Gasteiger partial charge in [-0.3, -0.25) is 0 Å². The van der Waals surface area contributed by atoms with Gasteiger partial charge in [-0.05, 0) is 0 Å². The zero-order valence-corrected chi connectivity index (χ0v) is 7.90. The fourth-order valence-corrected chi connectivity index (χ4v) is 1.24. The number of hydrogen-bond acceptors (Lipinski definition) is 3. The number of rotatable bonds is 5. The van der Waals surface area contributed by atoms with Gasteiger partial charge in [0.25, 0.3) is 0 Å². The maximum Gasteiger partial charge on any atom is 0.0946 e. The van der Waals surface area contributed by atoms with Gasteiger partial charge in [0.1, 0.15) is 0 Å². The van der Waals surface area contributed by atoms with Crippen LogP contribution < -0.4 is 11.1 Å². The molecule has 0 saturated carbocycles. The molecular weight excluding hydrogens is 164 g/mol. The third kappa shape index (κ3) is 2.40. The van der Waals surface area contributed by atoms with Crippen molar-refractivity contribution in [1.82, 2.24) is 14.9 Å². The van der Waals surface area contributed by atoms with Crippen LogP contribution in [-0.2, 0) is 7.05 Å². The Labute approximate surface area is 78.5 Å². The highest BCUT2D eigenvalue weighted by Gasteiger charge is 2.10. The van der Waals surface area contributed by atoms with Crippen LogP contribution in [0.2, 0.25) is 0 Å². The Kier molecular flexibility index (Phi) is 3.67. The van der Waals surface area contributed by atoms with Crippen LogP contribution in [0.3, 0.4) is 0 Å². The van der Waals surface area contributed by atoms with Crippen molar-refractivity contribution in [1.29, 1.82) is 0 Å². The summed E-state index contributed by atoms with van der Waals surface area (Å²) in [6, 6.07) is 0.158. The Morgan fingerprint density at radius 2 is 2.62 bits per heavy atom. The Morgan fingerprint density at radius 3 is 3.08 bits per heavy atom. The number of hydrogen-bond donors (Lipinski definition) is 2. The second kappa shape index (κ2) is 4.79. The minimum Gasteiger partial charge on any atom is -0.336 e. The van der Waals surface area contributed by atoms with Crippen LogP contribution in [0.1, 0.15) is 11.7 Å². The number of aromatic nitrogens is 2. The molecule has 0 bridgehead atoms. The molecule has 3 N–H and O–H groups in total. The average molecular weight is 180 g/mol. The van der Waals surface area contributed by atoms with Crippen molar-refractivity contribution in [3.05, 3.63) is 30.9 Å². The molecule has 1 atom stereocenters. The van der Waals surface area contributed by atoms with Crippen molar-refractivity contribution in [2.45, 2.75) is 6.04 Å². The van der Waals surface area contributed by atoms with Crippen LogP contribution in [0.25, 0.3) is 0 Å². The summed E-state index contributed by atoms with van der Waals surface area (Å²) < 4.78 is 1.97. The summed E-state index contributed by atoms with van der Waals surface area (Å²) in [5.74, 6) is 0. The van der Waals surface area contributed by atoms with E-state index in [0.717, 1.165) is 12.2 Å². The molecule has 0 aromatic carbocycles. The molecule has 0 aliphatic carbocycles. The smallest absolute Gasteiger partial charge is 0.0946 e. The van der Waals surface area contributed by atoms with E-state index in [0.29, 0.717) is 6.54 Å². The van der Waals surface area contributed by atoms with E-state index in [-0.39, 0.29) is 6.04 Å². The number of nitrogens with zero attached hydrogens (tertiary/aromatic N) is 2. The second-order valence-corrected chi connectivity index (χ2v) is 2.91. The van der Waals surface area contributed by atoms with Gasteiger partial charge >= 0.3 is 0 Å². The lowest BCUT2D eigenvalue weighted by molar-refractivity contribution is 0.545. The molecule has 1 aromatic rings. The lowest BCUT2D eigenvalue weighted by Crippen LogP contribution is -2.29. The summed E-state index contributed by atoms with van der Waals surface area (Å²) >= 11 is 0. The van der Waals surface area contributed by atoms with Crippen LogP contribution in [0.4, 0.5) is 0 Å². The number of aryl methyl sites for hydroxylation is 1. The van der Waals surface area contributed by atoms with Crippen LogP contribution >= 0.6 is 0 Å². The van der Waals surface area contributed by atoms with Crippen LogP contribution in [0, 0.1) is 0 Å². The first-order valence-electron chi connectivity index (χ1n) is 4.30. The molecule has 72 valence electrons. The largest absolute Gasteiger partial charge is 0.336 e. The van der Waals surface area contributed by atoms with E-state index in [4.69, 9.17) is 5.73 Å². The monoisotopic (exact) mass is 180 g/mol. The van der Waals surface area contributed by atoms with Crippen molar-refractivity contribution in [2.75, 3.05) is 13.1 Å². The Morgan fingerprint density at radius 1 is 1.85 bits per heavy atom. The molecule has 0 aliphatic heterocycles. The first-order valence-corrected chi connectivity index (χ1v) is 4.30. The van der Waals surface area contributed by atoms with Crippen molar-refractivity contribution < 1.29 is 0 Å². The van der Waals surface area contributed by atoms with E-state index >= 15 is 0 Å². The summed E-state index contributed by atoms with van der Waals surface area (Å²) in [7, 11) is 1.96. The Hall–Kier alpha value is -1.13. The zero-order chi connectivity index (χ0) is 9.68. The molecule has 1 aromatic heterocycles. The third-order valence-electron chi connectivity index (χ3n) is 1.96. The van der Waals surface area contributed by atoms with Crippen molar-refractivity contribution in [3.8, 4) is 0 Å². The first-order chi connectivity index (χ1) is 6.29. The van der Waals surface area contributed by atoms with E-state index in [9.17, 15) is 0 Å². The van der Waals surface area contributed by atoms with Crippen LogP contribution in [0.15, 0.2) is 25.2 Å². The summed E-state index contributed by atoms with van der Waals surface area (Å²) in [5, 5.41) is 3.26. The van der Waals surface area contributed by atoms with E-state index in [1.165, 1.54) is 0 Å². The average Bonchev–Trinajstić information content (AvgIpc) is 2.54. The van der Waals surface area contributed by atoms with Crippen molar-refractivity contribution in [2.24, 2.45) is 12.8 Å². The van der Waals surface area contributed by atoms with Crippen molar-refractivity contribution >= 4 is 0 Å². The van der Waals surface area contributed by atoms with E-state index < -0.39 is 0 Å². The maximum atomic E-state index is 5.64. The van der Waals surface area contributed by atoms with Gasteiger partial charge in [0, 0.05) is 26.3 Å². The minimum atomic E-state index is 0.158. The Balaban J connectivity index is 2.66. The molecule has 4 heteroatoms. The molecule has 4 nitrogen and oxygen atoms in total. The van der Waals surface area contributed by atoms with Gasteiger partial charge in [0.05, 0.1) is 18.1 Å². The van der Waals surface area contributed by atoms with E-state index in [2.05, 4.69) is 16.9 Å². The molecular formula is C9H16N4. The lowest BCUT2D eigenvalue weighted by atomic mass is 10.2. The zero-order valence-electron chi connectivity index (χ0n) is 7.90. The fraction of sp³-hybridized carbons (Fsp3) is 0.444. The van der Waals surface area contributed by atoms with Crippen molar-refractivity contribution in [3.63, 3.8) is 0 Å². The van der Waals surface area contributed by atoms with Gasteiger partial charge < -0.3 is 15.6 Å². The first kappa shape index (κ1) is 9.95. The molecule has 0 radical (unpaired) electrons. The topological polar surface area (TPSA) is 55.9 Å². The molecule has 0 spiro atoms. The second-order valence-electron chi connectivity index (χ2n) is 2.91. The van der Waals surface area contributed by atoms with Gasteiger partial charge in [-0.2, -0.15) is 0 Å². The summed E-state index contributed by atoms with van der Waals surface area (Å²) in [6.45, 7) is 4.96. The molecule has 0 amide bonds. The quantitative estimate of drug-likeness (QED) is 0.636. The van der Waals surface area contributed by atoms with Crippen LogP contribution in [-0.4, -0.2) is 22.6 Å². The summed E-state index contributed by atoms with van der Waals surface area (Å²) in [5.41, 5.74) is 6.74. The molecule has 0 saturated heterocycles. The molecule has 0 fully saturated rings. The van der Waals surface area contributed by atoms with Gasteiger partial charge in [0.2, 0.25) is 0 Å². The predicted octanol–water partition coefficient (Wildman–Crippen LogP) is 0.195. The maximum absolute atomic E-state index is 5.64. The predicted molar refractivity (Wildman–Crippen MR) is 53.2 cm³/mol. The molecule has 0 aliphatic rings. The van der Waals surface area contributed by atoms with Gasteiger partial charge in [0.15, 0.2) is 0 Å². The molecule has 1 rings (SSSR count). The fourth-order valence-electron chi connectivity index (χ4n) is 1.24. The number of nitrogens with two attached hydrogens (primary N) is 1. The Bertz CT molecular complexity index is 266. The molecule has 1 unspecified atom stereocenters.